The smallest absolute Gasteiger partial charge is 0.300 e. The molecule has 1 rings (SSSR count). The van der Waals surface area contributed by atoms with E-state index in [2.05, 4.69) is 17.2 Å². The zero-order valence-electron chi connectivity index (χ0n) is 10.0. The van der Waals surface area contributed by atoms with Gasteiger partial charge < -0.3 is 9.32 Å². The molecule has 0 spiro atoms. The van der Waals surface area contributed by atoms with Crippen LogP contribution in [0.25, 0.3) is 0 Å². The van der Waals surface area contributed by atoms with Crippen LogP contribution in [0.4, 0.5) is 0 Å². The van der Waals surface area contributed by atoms with Crippen LogP contribution in [0.1, 0.15) is 35.2 Å². The summed E-state index contributed by atoms with van der Waals surface area (Å²) in [4.78, 5) is 13.4. The number of carbonyl (C=O) groups is 1. The zero-order valence-corrected chi connectivity index (χ0v) is 10.0. The SMILES string of the molecule is CCCN(C)Cc1cc(C(=O)NN)oc1C. The molecule has 1 heterocycles. The molecule has 3 N–H and O–H groups in total. The molecule has 1 aromatic rings. The van der Waals surface area contributed by atoms with Crippen molar-refractivity contribution >= 4 is 5.91 Å². The second-order valence-electron chi connectivity index (χ2n) is 3.90. The molecule has 0 atom stereocenters. The third-order valence-corrected chi connectivity index (χ3v) is 2.42. The van der Waals surface area contributed by atoms with Gasteiger partial charge in [0.05, 0.1) is 0 Å². The van der Waals surface area contributed by atoms with Crippen LogP contribution < -0.4 is 11.3 Å². The summed E-state index contributed by atoms with van der Waals surface area (Å²) >= 11 is 0. The number of nitrogens with zero attached hydrogens (tertiary/aromatic N) is 1. The second kappa shape index (κ2) is 5.67. The van der Waals surface area contributed by atoms with E-state index in [1.165, 1.54) is 0 Å². The standard InChI is InChI=1S/C11H19N3O2/c1-4-5-14(3)7-9-6-10(11(15)13-12)16-8(9)2/h6H,4-5,7,12H2,1-3H3,(H,13,15). The number of hydrogen-bond donors (Lipinski definition) is 2. The van der Waals surface area contributed by atoms with Crippen LogP contribution >= 0.6 is 0 Å². The largest absolute Gasteiger partial charge is 0.456 e. The molecule has 0 radical (unpaired) electrons. The maximum Gasteiger partial charge on any atom is 0.300 e. The molecule has 0 aliphatic carbocycles. The lowest BCUT2D eigenvalue weighted by atomic mass is 10.2. The Morgan fingerprint density at radius 3 is 2.88 bits per heavy atom. The Hall–Kier alpha value is -1.33. The first-order valence-corrected chi connectivity index (χ1v) is 5.37. The Balaban J connectivity index is 2.74. The molecule has 16 heavy (non-hydrogen) atoms. The molecular weight excluding hydrogens is 206 g/mol. The van der Waals surface area contributed by atoms with Gasteiger partial charge in [0, 0.05) is 12.1 Å². The Morgan fingerprint density at radius 1 is 1.62 bits per heavy atom. The molecule has 5 heteroatoms. The van der Waals surface area contributed by atoms with E-state index in [1.807, 2.05) is 14.0 Å². The molecule has 0 bridgehead atoms. The van der Waals surface area contributed by atoms with E-state index in [0.717, 1.165) is 30.8 Å². The molecule has 0 aliphatic heterocycles. The molecule has 1 amide bonds. The van der Waals surface area contributed by atoms with E-state index in [4.69, 9.17) is 10.3 Å². The van der Waals surface area contributed by atoms with E-state index in [-0.39, 0.29) is 5.76 Å². The van der Waals surface area contributed by atoms with Crippen molar-refractivity contribution in [3.8, 4) is 0 Å². The average molecular weight is 225 g/mol. The van der Waals surface area contributed by atoms with E-state index in [1.54, 1.807) is 6.07 Å². The third kappa shape index (κ3) is 3.08. The molecular formula is C11H19N3O2. The van der Waals surface area contributed by atoms with Gasteiger partial charge in [0.15, 0.2) is 5.76 Å². The fourth-order valence-corrected chi connectivity index (χ4v) is 1.61. The average Bonchev–Trinajstić information content (AvgIpc) is 2.59. The van der Waals surface area contributed by atoms with Crippen LogP contribution in [-0.4, -0.2) is 24.4 Å². The highest BCUT2D eigenvalue weighted by Crippen LogP contribution is 2.16. The predicted octanol–water partition coefficient (Wildman–Crippen LogP) is 1.03. The number of aryl methyl sites for hydroxylation is 1. The molecule has 1 aromatic heterocycles. The van der Waals surface area contributed by atoms with E-state index >= 15 is 0 Å². The maximum absolute atomic E-state index is 11.2. The highest BCUT2D eigenvalue weighted by atomic mass is 16.4. The highest BCUT2D eigenvalue weighted by Gasteiger charge is 2.14. The summed E-state index contributed by atoms with van der Waals surface area (Å²) in [5, 5.41) is 0. The predicted molar refractivity (Wildman–Crippen MR) is 61.7 cm³/mol. The fraction of sp³-hybridized carbons (Fsp3) is 0.545. The molecule has 0 unspecified atom stereocenters. The van der Waals surface area contributed by atoms with Crippen LogP contribution in [0.15, 0.2) is 10.5 Å². The first-order chi connectivity index (χ1) is 7.58. The minimum atomic E-state index is -0.396. The molecule has 0 saturated heterocycles. The molecule has 0 fully saturated rings. The first-order valence-electron chi connectivity index (χ1n) is 5.37. The van der Waals surface area contributed by atoms with Crippen molar-refractivity contribution in [2.45, 2.75) is 26.8 Å². The zero-order chi connectivity index (χ0) is 12.1. The van der Waals surface area contributed by atoms with Gasteiger partial charge in [-0.25, -0.2) is 5.84 Å². The van der Waals surface area contributed by atoms with Gasteiger partial charge in [0.25, 0.3) is 0 Å². The molecule has 0 aromatic carbocycles. The summed E-state index contributed by atoms with van der Waals surface area (Å²) in [6.07, 6.45) is 1.10. The summed E-state index contributed by atoms with van der Waals surface area (Å²) in [6, 6.07) is 1.74. The highest BCUT2D eigenvalue weighted by molar-refractivity contribution is 5.91. The quantitative estimate of drug-likeness (QED) is 0.446. The Bertz CT molecular complexity index is 360. The van der Waals surface area contributed by atoms with Crippen molar-refractivity contribution in [1.82, 2.24) is 10.3 Å². The maximum atomic E-state index is 11.2. The first kappa shape index (κ1) is 12.7. The number of nitrogens with two attached hydrogens (primary N) is 1. The second-order valence-corrected chi connectivity index (χ2v) is 3.90. The number of rotatable bonds is 5. The lowest BCUT2D eigenvalue weighted by molar-refractivity contribution is 0.0924. The van der Waals surface area contributed by atoms with E-state index in [0.29, 0.717) is 0 Å². The molecule has 0 saturated carbocycles. The van der Waals surface area contributed by atoms with Gasteiger partial charge >= 0.3 is 5.91 Å². The van der Waals surface area contributed by atoms with Crippen molar-refractivity contribution in [1.29, 1.82) is 0 Å². The Labute approximate surface area is 95.6 Å². The minimum Gasteiger partial charge on any atom is -0.456 e. The summed E-state index contributed by atoms with van der Waals surface area (Å²) in [6.45, 7) is 5.78. The molecule has 0 aliphatic rings. The van der Waals surface area contributed by atoms with Crippen molar-refractivity contribution in [2.75, 3.05) is 13.6 Å². The normalized spacial score (nSPS) is 10.8. The van der Waals surface area contributed by atoms with Crippen LogP contribution in [0, 0.1) is 6.92 Å². The Morgan fingerprint density at radius 2 is 2.31 bits per heavy atom. The van der Waals surface area contributed by atoms with Crippen molar-refractivity contribution in [3.05, 3.63) is 23.2 Å². The lowest BCUT2D eigenvalue weighted by Gasteiger charge is -2.14. The van der Waals surface area contributed by atoms with Gasteiger partial charge in [-0.2, -0.15) is 0 Å². The number of nitrogen functional groups attached to an aromatic ring is 1. The van der Waals surface area contributed by atoms with Gasteiger partial charge in [-0.1, -0.05) is 6.92 Å². The van der Waals surface area contributed by atoms with Gasteiger partial charge in [-0.15, -0.1) is 0 Å². The number of amides is 1. The summed E-state index contributed by atoms with van der Waals surface area (Å²) in [5.74, 6) is 5.68. The summed E-state index contributed by atoms with van der Waals surface area (Å²) in [5.41, 5.74) is 3.08. The minimum absolute atomic E-state index is 0.264. The number of furan rings is 1. The van der Waals surface area contributed by atoms with Crippen molar-refractivity contribution in [2.24, 2.45) is 5.84 Å². The number of nitrogens with one attached hydrogen (secondary N) is 1. The lowest BCUT2D eigenvalue weighted by Crippen LogP contribution is -2.29. The van der Waals surface area contributed by atoms with Crippen LogP contribution in [0.2, 0.25) is 0 Å². The van der Waals surface area contributed by atoms with E-state index in [9.17, 15) is 4.79 Å². The fourth-order valence-electron chi connectivity index (χ4n) is 1.61. The summed E-state index contributed by atoms with van der Waals surface area (Å²) in [7, 11) is 2.04. The van der Waals surface area contributed by atoms with Gasteiger partial charge in [0.2, 0.25) is 0 Å². The van der Waals surface area contributed by atoms with Crippen LogP contribution in [0.5, 0.6) is 0 Å². The van der Waals surface area contributed by atoms with Crippen LogP contribution in [-0.2, 0) is 6.54 Å². The number of hydrogen-bond acceptors (Lipinski definition) is 4. The monoisotopic (exact) mass is 225 g/mol. The van der Waals surface area contributed by atoms with Gasteiger partial charge in [0.1, 0.15) is 5.76 Å². The Kier molecular flexibility index (Phi) is 4.52. The van der Waals surface area contributed by atoms with Gasteiger partial charge in [-0.05, 0) is 33.0 Å². The number of carbonyl (C=O) groups excluding carboxylic acids is 1. The number of hydrazine groups is 1. The van der Waals surface area contributed by atoms with Crippen LogP contribution in [0.3, 0.4) is 0 Å². The van der Waals surface area contributed by atoms with Crippen molar-refractivity contribution in [3.63, 3.8) is 0 Å². The topological polar surface area (TPSA) is 71.5 Å². The van der Waals surface area contributed by atoms with Gasteiger partial charge in [-0.3, -0.25) is 10.2 Å². The van der Waals surface area contributed by atoms with E-state index < -0.39 is 5.91 Å². The molecule has 5 nitrogen and oxygen atoms in total. The third-order valence-electron chi connectivity index (χ3n) is 2.42. The van der Waals surface area contributed by atoms with Crippen molar-refractivity contribution < 1.29 is 9.21 Å². The summed E-state index contributed by atoms with van der Waals surface area (Å²) < 4.78 is 5.33. The molecule has 90 valence electrons.